The highest BCUT2D eigenvalue weighted by atomic mass is 16.5. The van der Waals surface area contributed by atoms with Crippen LogP contribution in [0.25, 0.3) is 0 Å². The summed E-state index contributed by atoms with van der Waals surface area (Å²) in [6, 6.07) is 13.2. The molecule has 2 rings (SSSR count). The zero-order valence-electron chi connectivity index (χ0n) is 14.8. The topological polar surface area (TPSA) is 96.5 Å². The molecule has 0 aliphatic carbocycles. The lowest BCUT2D eigenvalue weighted by molar-refractivity contribution is -0.132. The molecule has 26 heavy (non-hydrogen) atoms. The van der Waals surface area contributed by atoms with Crippen LogP contribution >= 0.6 is 0 Å². The van der Waals surface area contributed by atoms with Crippen LogP contribution in [0.2, 0.25) is 0 Å². The van der Waals surface area contributed by atoms with Crippen molar-refractivity contribution in [3.05, 3.63) is 48.5 Å². The molecule has 0 saturated heterocycles. The first-order valence-electron chi connectivity index (χ1n) is 8.10. The molecule has 3 N–H and O–H groups in total. The van der Waals surface area contributed by atoms with Crippen molar-refractivity contribution in [2.75, 3.05) is 16.0 Å². The third-order valence-electron chi connectivity index (χ3n) is 3.15. The van der Waals surface area contributed by atoms with Crippen molar-refractivity contribution in [3.63, 3.8) is 0 Å². The molecule has 0 fully saturated rings. The number of ether oxygens (including phenoxy) is 1. The molecule has 2 aromatic rings. The number of benzene rings is 2. The Bertz CT molecular complexity index is 783. The Hall–Kier alpha value is -3.35. The molecule has 2 aromatic carbocycles. The first-order valence-corrected chi connectivity index (χ1v) is 8.10. The van der Waals surface area contributed by atoms with Crippen LogP contribution in [0.5, 0.6) is 5.75 Å². The summed E-state index contributed by atoms with van der Waals surface area (Å²) in [5.41, 5.74) is 1.53. The van der Waals surface area contributed by atoms with Gasteiger partial charge >= 0.3 is 11.8 Å². The zero-order chi connectivity index (χ0) is 19.1. The normalized spacial score (nSPS) is 10.2. The van der Waals surface area contributed by atoms with E-state index < -0.39 is 11.8 Å². The third kappa shape index (κ3) is 5.94. The van der Waals surface area contributed by atoms with E-state index in [9.17, 15) is 14.4 Å². The molecule has 0 saturated carbocycles. The van der Waals surface area contributed by atoms with E-state index in [2.05, 4.69) is 16.0 Å². The monoisotopic (exact) mass is 355 g/mol. The van der Waals surface area contributed by atoms with E-state index in [1.54, 1.807) is 48.5 Å². The van der Waals surface area contributed by atoms with Gasteiger partial charge in [0.15, 0.2) is 0 Å². The molecule has 0 heterocycles. The van der Waals surface area contributed by atoms with Crippen LogP contribution in [0, 0.1) is 0 Å². The van der Waals surface area contributed by atoms with Crippen molar-refractivity contribution in [2.45, 2.75) is 26.9 Å². The first kappa shape index (κ1) is 19.0. The molecule has 136 valence electrons. The Morgan fingerprint density at radius 1 is 0.731 bits per heavy atom. The fourth-order valence-electron chi connectivity index (χ4n) is 2.10. The first-order chi connectivity index (χ1) is 12.3. The van der Waals surface area contributed by atoms with Crippen molar-refractivity contribution in [1.82, 2.24) is 0 Å². The standard InChI is InChI=1S/C19H21N3O4/c1-12(2)26-17-10-8-16(9-11-17)22-19(25)18(24)21-15-6-4-14(5-7-15)20-13(3)23/h4-12H,1-3H3,(H,20,23)(H,21,24)(H,22,25). The number of carbonyl (C=O) groups excluding carboxylic acids is 3. The molecule has 0 radical (unpaired) electrons. The van der Waals surface area contributed by atoms with Crippen molar-refractivity contribution in [1.29, 1.82) is 0 Å². The lowest BCUT2D eigenvalue weighted by Crippen LogP contribution is -2.29. The molecule has 0 bridgehead atoms. The van der Waals surface area contributed by atoms with Gasteiger partial charge in [-0.1, -0.05) is 0 Å². The fraction of sp³-hybridized carbons (Fsp3) is 0.211. The van der Waals surface area contributed by atoms with E-state index in [1.165, 1.54) is 6.92 Å². The quantitative estimate of drug-likeness (QED) is 0.718. The maximum absolute atomic E-state index is 12.0. The highest BCUT2D eigenvalue weighted by Crippen LogP contribution is 2.17. The molecular weight excluding hydrogens is 334 g/mol. The van der Waals surface area contributed by atoms with Crippen LogP contribution in [-0.2, 0) is 14.4 Å². The Morgan fingerprint density at radius 3 is 1.50 bits per heavy atom. The summed E-state index contributed by atoms with van der Waals surface area (Å²) in [6.07, 6.45) is 0.0539. The van der Waals surface area contributed by atoms with Crippen molar-refractivity contribution in [3.8, 4) is 5.75 Å². The van der Waals surface area contributed by atoms with Crippen LogP contribution in [0.1, 0.15) is 20.8 Å². The number of carbonyl (C=O) groups is 3. The summed E-state index contributed by atoms with van der Waals surface area (Å²) in [4.78, 5) is 34.9. The average Bonchev–Trinajstić information content (AvgIpc) is 2.57. The van der Waals surface area contributed by atoms with Gasteiger partial charge in [0.2, 0.25) is 5.91 Å². The van der Waals surface area contributed by atoms with Gasteiger partial charge in [-0.25, -0.2) is 0 Å². The number of rotatable bonds is 5. The van der Waals surface area contributed by atoms with E-state index in [0.717, 1.165) is 0 Å². The number of amides is 3. The lowest BCUT2D eigenvalue weighted by atomic mass is 10.2. The second-order valence-electron chi connectivity index (χ2n) is 5.86. The SMILES string of the molecule is CC(=O)Nc1ccc(NC(=O)C(=O)Nc2ccc(OC(C)C)cc2)cc1. The van der Waals surface area contributed by atoms with E-state index in [1.807, 2.05) is 13.8 Å². The second-order valence-corrected chi connectivity index (χ2v) is 5.86. The molecule has 7 nitrogen and oxygen atoms in total. The van der Waals surface area contributed by atoms with E-state index in [4.69, 9.17) is 4.74 Å². The van der Waals surface area contributed by atoms with Crippen molar-refractivity contribution < 1.29 is 19.1 Å². The maximum Gasteiger partial charge on any atom is 0.314 e. The summed E-state index contributed by atoms with van der Waals surface area (Å²) >= 11 is 0. The molecule has 0 aromatic heterocycles. The lowest BCUT2D eigenvalue weighted by Gasteiger charge is -2.11. The number of hydrogen-bond donors (Lipinski definition) is 3. The molecule has 0 aliphatic rings. The Kier molecular flexibility index (Phi) is 6.32. The number of anilines is 3. The van der Waals surface area contributed by atoms with E-state index in [-0.39, 0.29) is 12.0 Å². The van der Waals surface area contributed by atoms with Crippen LogP contribution in [-0.4, -0.2) is 23.8 Å². The Balaban J connectivity index is 1.90. The fourth-order valence-corrected chi connectivity index (χ4v) is 2.10. The molecule has 3 amide bonds. The summed E-state index contributed by atoms with van der Waals surface area (Å²) < 4.78 is 5.52. The van der Waals surface area contributed by atoms with Gasteiger partial charge in [-0.3, -0.25) is 14.4 Å². The summed E-state index contributed by atoms with van der Waals surface area (Å²) in [6.45, 7) is 5.24. The van der Waals surface area contributed by atoms with Crippen LogP contribution in [0.3, 0.4) is 0 Å². The van der Waals surface area contributed by atoms with Gasteiger partial charge in [0, 0.05) is 24.0 Å². The van der Waals surface area contributed by atoms with Gasteiger partial charge in [-0.15, -0.1) is 0 Å². The van der Waals surface area contributed by atoms with E-state index in [0.29, 0.717) is 22.8 Å². The van der Waals surface area contributed by atoms with Gasteiger partial charge in [0.25, 0.3) is 0 Å². The molecule has 0 unspecified atom stereocenters. The Morgan fingerprint density at radius 2 is 1.12 bits per heavy atom. The summed E-state index contributed by atoms with van der Waals surface area (Å²) in [5.74, 6) is -1.08. The maximum atomic E-state index is 12.0. The molecule has 0 spiro atoms. The smallest absolute Gasteiger partial charge is 0.314 e. The molecule has 0 atom stereocenters. The van der Waals surface area contributed by atoms with Crippen LogP contribution in [0.15, 0.2) is 48.5 Å². The number of hydrogen-bond acceptors (Lipinski definition) is 4. The van der Waals surface area contributed by atoms with Gasteiger partial charge in [-0.2, -0.15) is 0 Å². The number of nitrogens with one attached hydrogen (secondary N) is 3. The predicted molar refractivity (Wildman–Crippen MR) is 100 cm³/mol. The largest absolute Gasteiger partial charge is 0.491 e. The van der Waals surface area contributed by atoms with E-state index >= 15 is 0 Å². The van der Waals surface area contributed by atoms with Crippen molar-refractivity contribution in [2.24, 2.45) is 0 Å². The highest BCUT2D eigenvalue weighted by Gasteiger charge is 2.14. The van der Waals surface area contributed by atoms with Gasteiger partial charge < -0.3 is 20.7 Å². The minimum atomic E-state index is -0.792. The molecular formula is C19H21N3O4. The third-order valence-corrected chi connectivity index (χ3v) is 3.15. The van der Waals surface area contributed by atoms with Crippen molar-refractivity contribution >= 4 is 34.8 Å². The molecule has 0 aliphatic heterocycles. The summed E-state index contributed by atoms with van der Waals surface area (Å²) in [7, 11) is 0. The highest BCUT2D eigenvalue weighted by molar-refractivity contribution is 6.43. The minimum absolute atomic E-state index is 0.0539. The van der Waals surface area contributed by atoms with Gasteiger partial charge in [-0.05, 0) is 62.4 Å². The summed E-state index contributed by atoms with van der Waals surface area (Å²) in [5, 5.41) is 7.62. The van der Waals surface area contributed by atoms with Crippen LogP contribution in [0.4, 0.5) is 17.1 Å². The van der Waals surface area contributed by atoms with Crippen LogP contribution < -0.4 is 20.7 Å². The van der Waals surface area contributed by atoms with Gasteiger partial charge in [0.05, 0.1) is 6.10 Å². The average molecular weight is 355 g/mol. The minimum Gasteiger partial charge on any atom is -0.491 e. The predicted octanol–water partition coefficient (Wildman–Crippen LogP) is 3.01. The zero-order valence-corrected chi connectivity index (χ0v) is 14.8. The van der Waals surface area contributed by atoms with Gasteiger partial charge in [0.1, 0.15) is 5.75 Å². The molecule has 7 heteroatoms. The second kappa shape index (κ2) is 8.66. The Labute approximate surface area is 151 Å².